The van der Waals surface area contributed by atoms with Gasteiger partial charge in [-0.05, 0) is 133 Å². The summed E-state index contributed by atoms with van der Waals surface area (Å²) in [4.78, 5) is 41.6. The van der Waals surface area contributed by atoms with Gasteiger partial charge in [-0.1, -0.05) is 413 Å². The maximum atomic E-state index is 6.45. The van der Waals surface area contributed by atoms with Gasteiger partial charge in [0.05, 0.1) is 71.9 Å². The van der Waals surface area contributed by atoms with Crippen LogP contribution in [0.15, 0.2) is 496 Å². The molecular weight excluding hydrogens is 1780 g/mol. The van der Waals surface area contributed by atoms with Crippen LogP contribution in [0.4, 0.5) is 0 Å². The SMILES string of the molecule is c1ccc(-c2cc(-c3ccccc3)nc(-n3c4ccccc4c4c5oc6ccccc6c5ccc43)n2)cc1.c1ccc(-c2nc(-c3ccccc3)nc(-n3c4ccc5ccccc5c4c4ccc5c6c7ccccc7ccc6n(-c6ccc7ccccc7c6)c5c43)n2)cc1.c1ccc(-c2nc(-c3ccccc3)nc(-n3c4ccc5ccccc5c4c4ccc5c6c7ccccc7ccc6n(-c6ccccc6)c5c43)n2)cc1. The lowest BCUT2D eigenvalue weighted by Crippen LogP contribution is -2.07. The Bertz CT molecular complexity index is 10500. The van der Waals surface area contributed by atoms with Crippen LogP contribution in [-0.2, 0) is 0 Å². The van der Waals surface area contributed by atoms with Crippen molar-refractivity contribution in [3.8, 4) is 97.3 Å². The third-order valence-electron chi connectivity index (χ3n) is 28.9. The molecular formula is C132H81N13O. The summed E-state index contributed by atoms with van der Waals surface area (Å²) in [5.74, 6) is 4.28. The van der Waals surface area contributed by atoms with Crippen molar-refractivity contribution in [2.24, 2.45) is 0 Å². The summed E-state index contributed by atoms with van der Waals surface area (Å²) in [7, 11) is 0. The molecule has 22 aromatic carbocycles. The quantitative estimate of drug-likeness (QED) is 0.124. The van der Waals surface area contributed by atoms with Crippen LogP contribution in [0.2, 0.25) is 0 Å². The zero-order chi connectivity index (χ0) is 96.0. The zero-order valence-corrected chi connectivity index (χ0v) is 78.5. The summed E-state index contributed by atoms with van der Waals surface area (Å²) in [6, 6.07) is 172. The Hall–Kier alpha value is -20.0. The van der Waals surface area contributed by atoms with Crippen molar-refractivity contribution >= 4 is 185 Å². The van der Waals surface area contributed by atoms with Gasteiger partial charge in [-0.15, -0.1) is 0 Å². The summed E-state index contributed by atoms with van der Waals surface area (Å²) >= 11 is 0. The van der Waals surface area contributed by atoms with Crippen LogP contribution in [0.25, 0.3) is 282 Å². The molecule has 0 atom stereocenters. The van der Waals surface area contributed by atoms with Crippen molar-refractivity contribution in [1.29, 1.82) is 0 Å². The minimum atomic E-state index is 0.570. The van der Waals surface area contributed by atoms with Gasteiger partial charge in [-0.3, -0.25) is 13.7 Å². The average molecular weight is 1870 g/mol. The highest BCUT2D eigenvalue weighted by atomic mass is 16.3. The zero-order valence-electron chi connectivity index (χ0n) is 78.5. The Morgan fingerprint density at radius 2 is 0.452 bits per heavy atom. The summed E-state index contributed by atoms with van der Waals surface area (Å²) in [5, 5.41) is 25.9. The summed E-state index contributed by atoms with van der Waals surface area (Å²) in [6.45, 7) is 0. The molecule has 0 aliphatic heterocycles. The molecule has 146 heavy (non-hydrogen) atoms. The molecule has 0 saturated heterocycles. The standard InChI is InChI=1S/C51H31N5.C47H29N5.C34H21N3O/c1-3-16-35(17-4-1)49-52-50(36-18-5-2-6-19-36)54-51(53-49)56-44-30-25-34-15-10-12-22-40(34)46(44)42-28-27-41-45-39-21-11-9-14-33(39)24-29-43(45)55(47(41)48(42)56)38-26-23-32-13-7-8-20-37(32)31-38;1-4-16-32(17-5-1)45-48-46(33-18-6-2-7-19-33)50-47(49-45)52-40-29-25-31-15-11-13-23-36(31)42(40)38-27-26-37-41-35-22-12-10-14-30(35)24-28-39(41)51(43(37)44(38)52)34-20-8-3-9-21-34;1-3-11-22(12-4-1)27-21-28(23-13-5-2-6-14-23)36-34(35-27)37-29-17-9-7-16-26(29)32-30(37)20-19-25-24-15-8-10-18-31(24)38-33(25)32/h1-31H;1-29H;1-21H. The lowest BCUT2D eigenvalue weighted by atomic mass is 10.0. The van der Waals surface area contributed by atoms with E-state index in [4.69, 9.17) is 44.3 Å². The highest BCUT2D eigenvalue weighted by molar-refractivity contribution is 6.34. The van der Waals surface area contributed by atoms with Gasteiger partial charge >= 0.3 is 0 Å². The molecule has 31 rings (SSSR count). The monoisotopic (exact) mass is 1860 g/mol. The van der Waals surface area contributed by atoms with Crippen molar-refractivity contribution in [2.75, 3.05) is 0 Å². The van der Waals surface area contributed by atoms with Gasteiger partial charge in [0.2, 0.25) is 17.8 Å². The van der Waals surface area contributed by atoms with E-state index in [9.17, 15) is 0 Å². The normalized spacial score (nSPS) is 11.8. The van der Waals surface area contributed by atoms with Crippen molar-refractivity contribution in [3.05, 3.63) is 491 Å². The van der Waals surface area contributed by atoms with E-state index in [0.717, 1.165) is 155 Å². The van der Waals surface area contributed by atoms with Gasteiger partial charge in [0.1, 0.15) is 11.2 Å². The van der Waals surface area contributed by atoms with Crippen LogP contribution in [-0.4, -0.2) is 62.7 Å². The van der Waals surface area contributed by atoms with E-state index >= 15 is 0 Å². The maximum absolute atomic E-state index is 6.45. The average Bonchev–Trinajstić information content (AvgIpc) is 1.53. The van der Waals surface area contributed by atoms with E-state index in [1.54, 1.807) is 0 Å². The van der Waals surface area contributed by atoms with Crippen LogP contribution < -0.4 is 0 Å². The van der Waals surface area contributed by atoms with Gasteiger partial charge in [0.25, 0.3) is 0 Å². The molecule has 0 amide bonds. The van der Waals surface area contributed by atoms with Gasteiger partial charge in [-0.2, -0.15) is 19.9 Å². The topological polar surface area (TPSA) is 141 Å². The Kier molecular flexibility index (Phi) is 19.3. The molecule has 680 valence electrons. The maximum Gasteiger partial charge on any atom is 0.238 e. The number of rotatable bonds is 11. The first-order chi connectivity index (χ1) is 72.4. The summed E-state index contributed by atoms with van der Waals surface area (Å²) in [6.07, 6.45) is 0. The first-order valence-corrected chi connectivity index (χ1v) is 49.2. The second-order valence-electron chi connectivity index (χ2n) is 37.1. The molecule has 0 saturated carbocycles. The number of para-hydroxylation sites is 3. The number of benzene rings is 22. The van der Waals surface area contributed by atoms with E-state index in [-0.39, 0.29) is 0 Å². The van der Waals surface area contributed by atoms with E-state index in [2.05, 4.69) is 393 Å². The first-order valence-electron chi connectivity index (χ1n) is 49.2. The third kappa shape index (κ3) is 13.5. The fourth-order valence-corrected chi connectivity index (χ4v) is 22.4. The molecule has 0 radical (unpaired) electrons. The van der Waals surface area contributed by atoms with Crippen molar-refractivity contribution in [2.45, 2.75) is 0 Å². The largest absolute Gasteiger partial charge is 0.455 e. The Morgan fingerprint density at radius 3 is 0.870 bits per heavy atom. The fourth-order valence-electron chi connectivity index (χ4n) is 22.4. The highest BCUT2D eigenvalue weighted by Crippen LogP contribution is 2.50. The van der Waals surface area contributed by atoms with Crippen molar-refractivity contribution in [1.82, 2.24) is 62.7 Å². The van der Waals surface area contributed by atoms with Crippen LogP contribution in [0, 0.1) is 0 Å². The lowest BCUT2D eigenvalue weighted by Gasteiger charge is -2.14. The predicted molar refractivity (Wildman–Crippen MR) is 601 cm³/mol. The molecule has 0 spiro atoms. The van der Waals surface area contributed by atoms with E-state index in [1.165, 1.54) is 86.2 Å². The minimum Gasteiger partial charge on any atom is -0.455 e. The highest BCUT2D eigenvalue weighted by Gasteiger charge is 2.31. The molecule has 0 fully saturated rings. The number of hydrogen-bond acceptors (Lipinski definition) is 9. The van der Waals surface area contributed by atoms with E-state index in [1.807, 2.05) is 121 Å². The predicted octanol–water partition coefficient (Wildman–Crippen LogP) is 33.4. The van der Waals surface area contributed by atoms with Crippen molar-refractivity contribution in [3.63, 3.8) is 0 Å². The van der Waals surface area contributed by atoms with Gasteiger partial charge in [-0.25, -0.2) is 19.9 Å². The number of nitrogens with zero attached hydrogens (tertiary/aromatic N) is 13. The molecule has 31 aromatic rings. The lowest BCUT2D eigenvalue weighted by molar-refractivity contribution is 0.673. The Labute approximate surface area is 834 Å². The third-order valence-corrected chi connectivity index (χ3v) is 28.9. The van der Waals surface area contributed by atoms with Crippen LogP contribution in [0.3, 0.4) is 0 Å². The number of fused-ring (bicyclic) bond motifs is 30. The molecule has 0 aliphatic carbocycles. The Balaban J connectivity index is 0.000000106. The molecule has 9 aromatic heterocycles. The number of hydrogen-bond donors (Lipinski definition) is 0. The second kappa shape index (κ2) is 34.0. The molecule has 14 heteroatoms. The van der Waals surface area contributed by atoms with Gasteiger partial charge in [0.15, 0.2) is 23.3 Å². The molecule has 0 unspecified atom stereocenters. The number of furan rings is 1. The second-order valence-corrected chi connectivity index (χ2v) is 37.1. The molecule has 0 aliphatic rings. The smallest absolute Gasteiger partial charge is 0.238 e. The minimum absolute atomic E-state index is 0.570. The number of aromatic nitrogens is 13. The van der Waals surface area contributed by atoms with Crippen LogP contribution in [0.5, 0.6) is 0 Å². The van der Waals surface area contributed by atoms with E-state index < -0.39 is 0 Å². The van der Waals surface area contributed by atoms with Gasteiger partial charge in [0, 0.05) is 104 Å². The van der Waals surface area contributed by atoms with Gasteiger partial charge < -0.3 is 13.6 Å². The Morgan fingerprint density at radius 1 is 0.158 bits per heavy atom. The first kappa shape index (κ1) is 83.0. The summed E-state index contributed by atoms with van der Waals surface area (Å²) < 4.78 is 18.1. The fraction of sp³-hybridized carbons (Fsp3) is 0. The van der Waals surface area contributed by atoms with Crippen LogP contribution in [0.1, 0.15) is 0 Å². The molecule has 0 N–H and O–H groups in total. The summed E-state index contributed by atoms with van der Waals surface area (Å²) in [5.41, 5.74) is 22.3. The van der Waals surface area contributed by atoms with E-state index in [0.29, 0.717) is 41.1 Å². The molecule has 0 bridgehead atoms. The molecule has 9 heterocycles. The van der Waals surface area contributed by atoms with Crippen molar-refractivity contribution < 1.29 is 4.42 Å². The van der Waals surface area contributed by atoms with Crippen LogP contribution >= 0.6 is 0 Å². The molecule has 14 nitrogen and oxygen atoms in total.